The third kappa shape index (κ3) is 8.67. The van der Waals surface area contributed by atoms with E-state index < -0.39 is 5.60 Å². The predicted octanol–water partition coefficient (Wildman–Crippen LogP) is 7.65. The van der Waals surface area contributed by atoms with Crippen molar-refractivity contribution in [3.8, 4) is 0 Å². The summed E-state index contributed by atoms with van der Waals surface area (Å²) in [5.41, 5.74) is 0.0914. The normalized spacial score (nSPS) is 24.1. The molecule has 0 bridgehead atoms. The van der Waals surface area contributed by atoms with Crippen LogP contribution >= 0.6 is 0 Å². The van der Waals surface area contributed by atoms with Crippen molar-refractivity contribution in [2.75, 3.05) is 6.61 Å². The Kier molecular flexibility index (Phi) is 12.3. The molecule has 3 nitrogen and oxygen atoms in total. The quantitative estimate of drug-likeness (QED) is 0.217. The molecule has 1 fully saturated rings. The minimum absolute atomic E-state index is 0.0133. The maximum absolute atomic E-state index is 11.3. The van der Waals surface area contributed by atoms with Crippen LogP contribution in [0.25, 0.3) is 0 Å². The van der Waals surface area contributed by atoms with Crippen LogP contribution in [0.15, 0.2) is 11.5 Å². The van der Waals surface area contributed by atoms with Crippen LogP contribution in [0, 0.1) is 5.41 Å². The highest BCUT2D eigenvalue weighted by Gasteiger charge is 2.48. The predicted molar refractivity (Wildman–Crippen MR) is 131 cm³/mol. The molecular weight excluding hydrogens is 371 g/mol. The van der Waals surface area contributed by atoms with Crippen LogP contribution in [0.1, 0.15) is 132 Å². The van der Waals surface area contributed by atoms with E-state index in [4.69, 9.17) is 9.31 Å². The van der Waals surface area contributed by atoms with E-state index in [1.54, 1.807) is 0 Å². The SMILES string of the molecule is CCCCCCCC/C(=C\B1OCC(C)(CC)C(C)(C)O1)C(C)(O)CCCCCC. The molecule has 0 radical (unpaired) electrons. The van der Waals surface area contributed by atoms with Crippen LogP contribution < -0.4 is 0 Å². The van der Waals surface area contributed by atoms with Crippen LogP contribution in [-0.4, -0.2) is 30.0 Å². The lowest BCUT2D eigenvalue weighted by Gasteiger charge is -2.49. The lowest BCUT2D eigenvalue weighted by Crippen LogP contribution is -2.55. The highest BCUT2D eigenvalue weighted by Crippen LogP contribution is 2.42. The van der Waals surface area contributed by atoms with Crippen LogP contribution in [0.5, 0.6) is 0 Å². The molecule has 30 heavy (non-hydrogen) atoms. The van der Waals surface area contributed by atoms with E-state index >= 15 is 0 Å². The Morgan fingerprint density at radius 3 is 2.07 bits per heavy atom. The fraction of sp³-hybridized carbons (Fsp3) is 0.923. The summed E-state index contributed by atoms with van der Waals surface area (Å²) < 4.78 is 12.5. The Bertz CT molecular complexity index is 501. The van der Waals surface area contributed by atoms with Gasteiger partial charge in [0.15, 0.2) is 0 Å². The van der Waals surface area contributed by atoms with Crippen molar-refractivity contribution in [2.45, 2.75) is 143 Å². The maximum Gasteiger partial charge on any atom is 0.486 e. The highest BCUT2D eigenvalue weighted by molar-refractivity contribution is 6.51. The molecule has 0 amide bonds. The average molecular weight is 423 g/mol. The fourth-order valence-corrected chi connectivity index (χ4v) is 4.37. The average Bonchev–Trinajstić information content (AvgIpc) is 2.69. The zero-order valence-corrected chi connectivity index (χ0v) is 21.3. The molecule has 1 N–H and O–H groups in total. The first-order valence-corrected chi connectivity index (χ1v) is 12.8. The first-order valence-electron chi connectivity index (χ1n) is 12.8. The van der Waals surface area contributed by atoms with Crippen molar-refractivity contribution >= 4 is 7.12 Å². The smallest absolute Gasteiger partial charge is 0.407 e. The monoisotopic (exact) mass is 422 g/mol. The third-order valence-electron chi connectivity index (χ3n) is 7.56. The second-order valence-electron chi connectivity index (χ2n) is 10.5. The number of hydrogen-bond acceptors (Lipinski definition) is 3. The van der Waals surface area contributed by atoms with E-state index in [9.17, 15) is 5.11 Å². The van der Waals surface area contributed by atoms with E-state index in [1.807, 2.05) is 6.92 Å². The van der Waals surface area contributed by atoms with Crippen molar-refractivity contribution in [2.24, 2.45) is 5.41 Å². The van der Waals surface area contributed by atoms with Gasteiger partial charge in [0.1, 0.15) is 0 Å². The number of unbranched alkanes of at least 4 members (excludes halogenated alkanes) is 8. The number of aliphatic hydroxyl groups is 1. The van der Waals surface area contributed by atoms with Gasteiger partial charge in [-0.2, -0.15) is 0 Å². The molecule has 0 aromatic carbocycles. The van der Waals surface area contributed by atoms with Gasteiger partial charge in [0.25, 0.3) is 0 Å². The van der Waals surface area contributed by atoms with Gasteiger partial charge in [-0.15, -0.1) is 0 Å². The standard InChI is InChI=1S/C26H51BO3/c1-8-11-13-15-16-17-19-23(26(7,28)20-18-14-12-9-2)21-27-29-22-25(6,10-3)24(4,5)30-27/h21,28H,8-20,22H2,1-7H3/b23-21+. The summed E-state index contributed by atoms with van der Waals surface area (Å²) >= 11 is 0. The van der Waals surface area contributed by atoms with Crippen LogP contribution in [-0.2, 0) is 9.31 Å². The minimum Gasteiger partial charge on any atom is -0.407 e. The van der Waals surface area contributed by atoms with Crippen LogP contribution in [0.2, 0.25) is 0 Å². The van der Waals surface area contributed by atoms with E-state index in [1.165, 1.54) is 51.4 Å². The molecule has 1 rings (SSSR count). The fourth-order valence-electron chi connectivity index (χ4n) is 4.37. The Labute approximate surface area is 188 Å². The van der Waals surface area contributed by atoms with E-state index in [0.717, 1.165) is 37.7 Å². The summed E-state index contributed by atoms with van der Waals surface area (Å²) in [4.78, 5) is 0. The topological polar surface area (TPSA) is 38.7 Å². The Morgan fingerprint density at radius 1 is 0.933 bits per heavy atom. The van der Waals surface area contributed by atoms with Gasteiger partial charge < -0.3 is 14.4 Å². The van der Waals surface area contributed by atoms with Gasteiger partial charge in [0.2, 0.25) is 0 Å². The molecule has 0 aromatic heterocycles. The van der Waals surface area contributed by atoms with Gasteiger partial charge in [0.05, 0.1) is 11.2 Å². The summed E-state index contributed by atoms with van der Waals surface area (Å²) in [6, 6.07) is 0. The molecule has 0 aromatic rings. The Morgan fingerprint density at radius 2 is 1.50 bits per heavy atom. The number of rotatable bonds is 15. The molecule has 2 atom stereocenters. The first kappa shape index (κ1) is 27.7. The lowest BCUT2D eigenvalue weighted by molar-refractivity contribution is -0.106. The van der Waals surface area contributed by atoms with Crippen molar-refractivity contribution in [1.29, 1.82) is 0 Å². The van der Waals surface area contributed by atoms with Gasteiger partial charge in [-0.05, 0) is 52.0 Å². The molecule has 1 heterocycles. The van der Waals surface area contributed by atoms with Crippen LogP contribution in [0.3, 0.4) is 0 Å². The van der Waals surface area contributed by atoms with Gasteiger partial charge in [-0.1, -0.05) is 91.5 Å². The van der Waals surface area contributed by atoms with Crippen molar-refractivity contribution in [1.82, 2.24) is 0 Å². The van der Waals surface area contributed by atoms with Gasteiger partial charge in [-0.25, -0.2) is 0 Å². The summed E-state index contributed by atoms with van der Waals surface area (Å²) in [5.74, 6) is 2.10. The molecule has 1 aliphatic heterocycles. The Hall–Kier alpha value is -0.315. The maximum atomic E-state index is 11.3. The zero-order valence-electron chi connectivity index (χ0n) is 21.3. The summed E-state index contributed by atoms with van der Waals surface area (Å²) in [7, 11) is -0.364. The second-order valence-corrected chi connectivity index (χ2v) is 10.5. The van der Waals surface area contributed by atoms with Crippen molar-refractivity contribution in [3.63, 3.8) is 0 Å². The molecule has 0 saturated carbocycles. The summed E-state index contributed by atoms with van der Waals surface area (Å²) in [5, 5.41) is 11.3. The lowest BCUT2D eigenvalue weighted by atomic mass is 9.68. The molecule has 1 saturated heterocycles. The van der Waals surface area contributed by atoms with Crippen molar-refractivity contribution < 1.29 is 14.4 Å². The third-order valence-corrected chi connectivity index (χ3v) is 7.56. The van der Waals surface area contributed by atoms with E-state index in [0.29, 0.717) is 6.61 Å². The molecule has 176 valence electrons. The minimum atomic E-state index is -0.778. The Balaban J connectivity index is 2.82. The van der Waals surface area contributed by atoms with E-state index in [2.05, 4.69) is 47.5 Å². The molecule has 2 unspecified atom stereocenters. The number of hydrogen-bond donors (Lipinski definition) is 1. The molecule has 0 spiro atoms. The summed E-state index contributed by atoms with van der Waals surface area (Å²) in [6.07, 6.45) is 15.1. The highest BCUT2D eigenvalue weighted by atomic mass is 16.6. The van der Waals surface area contributed by atoms with Gasteiger partial charge in [-0.3, -0.25) is 0 Å². The second kappa shape index (κ2) is 13.3. The van der Waals surface area contributed by atoms with Crippen LogP contribution in [0.4, 0.5) is 0 Å². The molecule has 4 heteroatoms. The van der Waals surface area contributed by atoms with Crippen molar-refractivity contribution in [3.05, 3.63) is 11.5 Å². The van der Waals surface area contributed by atoms with Gasteiger partial charge >= 0.3 is 7.12 Å². The molecular formula is C26H51BO3. The molecule has 1 aliphatic rings. The zero-order chi connectivity index (χ0) is 22.7. The molecule has 0 aliphatic carbocycles. The first-order chi connectivity index (χ1) is 14.1. The largest absolute Gasteiger partial charge is 0.486 e. The summed E-state index contributed by atoms with van der Waals surface area (Å²) in [6.45, 7) is 16.0. The van der Waals surface area contributed by atoms with Gasteiger partial charge in [0, 0.05) is 12.0 Å². The van der Waals surface area contributed by atoms with E-state index in [-0.39, 0.29) is 18.1 Å².